The van der Waals surface area contributed by atoms with E-state index in [9.17, 15) is 4.79 Å². The van der Waals surface area contributed by atoms with Crippen molar-refractivity contribution < 1.29 is 4.79 Å². The summed E-state index contributed by atoms with van der Waals surface area (Å²) in [7, 11) is 0. The first-order valence-corrected chi connectivity index (χ1v) is 7.62. The van der Waals surface area contributed by atoms with E-state index in [0.29, 0.717) is 12.6 Å². The highest BCUT2D eigenvalue weighted by atomic mass is 16.2. The number of rotatable bonds is 4. The SMILES string of the molecule is CCN(C(=O)CN1CCCc2cc(N)ccc21)C1CC1. The van der Waals surface area contributed by atoms with Gasteiger partial charge in [0.1, 0.15) is 0 Å². The summed E-state index contributed by atoms with van der Waals surface area (Å²) in [5.74, 6) is 0.264. The van der Waals surface area contributed by atoms with Crippen LogP contribution in [0.4, 0.5) is 11.4 Å². The average Bonchev–Trinajstić information content (AvgIpc) is 3.24. The third kappa shape index (κ3) is 2.60. The van der Waals surface area contributed by atoms with Crippen molar-refractivity contribution in [2.24, 2.45) is 0 Å². The van der Waals surface area contributed by atoms with E-state index in [2.05, 4.69) is 17.9 Å². The molecule has 1 aromatic rings. The third-order valence-corrected chi connectivity index (χ3v) is 4.29. The van der Waals surface area contributed by atoms with Crippen LogP contribution in [0.2, 0.25) is 0 Å². The zero-order valence-corrected chi connectivity index (χ0v) is 12.1. The van der Waals surface area contributed by atoms with Crippen molar-refractivity contribution in [1.82, 2.24) is 4.90 Å². The number of nitrogens with zero attached hydrogens (tertiary/aromatic N) is 2. The molecule has 0 aromatic heterocycles. The van der Waals surface area contributed by atoms with Gasteiger partial charge in [0.25, 0.3) is 0 Å². The van der Waals surface area contributed by atoms with Crippen LogP contribution in [0.25, 0.3) is 0 Å². The molecule has 0 spiro atoms. The second-order valence-corrected chi connectivity index (χ2v) is 5.82. The smallest absolute Gasteiger partial charge is 0.242 e. The summed E-state index contributed by atoms with van der Waals surface area (Å²) in [4.78, 5) is 16.7. The van der Waals surface area contributed by atoms with E-state index in [0.717, 1.165) is 31.6 Å². The summed E-state index contributed by atoms with van der Waals surface area (Å²) in [6, 6.07) is 6.54. The summed E-state index contributed by atoms with van der Waals surface area (Å²) in [6.07, 6.45) is 4.50. The number of hydrogen-bond donors (Lipinski definition) is 1. The molecule has 0 bridgehead atoms. The number of amides is 1. The first-order chi connectivity index (χ1) is 9.69. The monoisotopic (exact) mass is 273 g/mol. The van der Waals surface area contributed by atoms with Crippen LogP contribution in [0.5, 0.6) is 0 Å². The van der Waals surface area contributed by atoms with Crippen molar-refractivity contribution in [1.29, 1.82) is 0 Å². The Balaban J connectivity index is 1.74. The van der Waals surface area contributed by atoms with Gasteiger partial charge < -0.3 is 15.5 Å². The maximum Gasteiger partial charge on any atom is 0.242 e. The average molecular weight is 273 g/mol. The number of likely N-dealkylation sites (N-methyl/N-ethyl adjacent to an activating group) is 1. The molecule has 2 aliphatic rings. The second-order valence-electron chi connectivity index (χ2n) is 5.82. The van der Waals surface area contributed by atoms with Gasteiger partial charge in [-0.1, -0.05) is 0 Å². The van der Waals surface area contributed by atoms with Crippen LogP contribution in [-0.4, -0.2) is 36.5 Å². The van der Waals surface area contributed by atoms with Gasteiger partial charge in [0.05, 0.1) is 6.54 Å². The van der Waals surface area contributed by atoms with Crippen LogP contribution in [0.3, 0.4) is 0 Å². The summed E-state index contributed by atoms with van der Waals surface area (Å²) >= 11 is 0. The molecule has 2 N–H and O–H groups in total. The van der Waals surface area contributed by atoms with Crippen LogP contribution >= 0.6 is 0 Å². The number of fused-ring (bicyclic) bond motifs is 1. The molecule has 1 aromatic carbocycles. The molecular formula is C16H23N3O. The van der Waals surface area contributed by atoms with Gasteiger partial charge in [0, 0.05) is 30.5 Å². The van der Waals surface area contributed by atoms with Crippen molar-refractivity contribution in [3.8, 4) is 0 Å². The van der Waals surface area contributed by atoms with Crippen molar-refractivity contribution in [2.45, 2.75) is 38.6 Å². The van der Waals surface area contributed by atoms with Crippen LogP contribution < -0.4 is 10.6 Å². The van der Waals surface area contributed by atoms with Crippen molar-refractivity contribution in [3.05, 3.63) is 23.8 Å². The molecular weight excluding hydrogens is 250 g/mol. The Bertz CT molecular complexity index is 510. The number of hydrogen-bond acceptors (Lipinski definition) is 3. The lowest BCUT2D eigenvalue weighted by Gasteiger charge is -2.33. The van der Waals surface area contributed by atoms with E-state index in [-0.39, 0.29) is 5.91 Å². The lowest BCUT2D eigenvalue weighted by atomic mass is 10.0. The van der Waals surface area contributed by atoms with E-state index in [1.54, 1.807) is 0 Å². The normalized spacial score (nSPS) is 17.8. The van der Waals surface area contributed by atoms with Crippen LogP contribution in [0.15, 0.2) is 18.2 Å². The van der Waals surface area contributed by atoms with Gasteiger partial charge in [-0.2, -0.15) is 0 Å². The Labute approximate surface area is 120 Å². The molecule has 1 fully saturated rings. The summed E-state index contributed by atoms with van der Waals surface area (Å²) in [5.41, 5.74) is 9.13. The molecule has 0 saturated heterocycles. The highest BCUT2D eigenvalue weighted by Crippen LogP contribution is 2.30. The molecule has 0 radical (unpaired) electrons. The summed E-state index contributed by atoms with van der Waals surface area (Å²) < 4.78 is 0. The first-order valence-electron chi connectivity index (χ1n) is 7.62. The maximum atomic E-state index is 12.5. The molecule has 1 aliphatic heterocycles. The molecule has 1 heterocycles. The van der Waals surface area contributed by atoms with Gasteiger partial charge in [0.2, 0.25) is 5.91 Å². The Hall–Kier alpha value is -1.71. The molecule has 4 nitrogen and oxygen atoms in total. The van der Waals surface area contributed by atoms with Crippen LogP contribution in [0, 0.1) is 0 Å². The molecule has 4 heteroatoms. The molecule has 1 aliphatic carbocycles. The summed E-state index contributed by atoms with van der Waals surface area (Å²) in [6.45, 7) is 4.36. The van der Waals surface area contributed by atoms with E-state index in [1.807, 2.05) is 17.0 Å². The molecule has 0 atom stereocenters. The van der Waals surface area contributed by atoms with E-state index >= 15 is 0 Å². The molecule has 1 saturated carbocycles. The third-order valence-electron chi connectivity index (χ3n) is 4.29. The molecule has 1 amide bonds. The molecule has 108 valence electrons. The van der Waals surface area contributed by atoms with Crippen molar-refractivity contribution in [3.63, 3.8) is 0 Å². The Morgan fingerprint density at radius 2 is 2.25 bits per heavy atom. The van der Waals surface area contributed by atoms with Crippen LogP contribution in [-0.2, 0) is 11.2 Å². The number of anilines is 2. The fourth-order valence-corrected chi connectivity index (χ4v) is 3.14. The largest absolute Gasteiger partial charge is 0.399 e. The van der Waals surface area contributed by atoms with Gasteiger partial charge in [-0.15, -0.1) is 0 Å². The number of carbonyl (C=O) groups is 1. The number of nitrogens with two attached hydrogens (primary N) is 1. The topological polar surface area (TPSA) is 49.6 Å². The fraction of sp³-hybridized carbons (Fsp3) is 0.562. The number of benzene rings is 1. The van der Waals surface area contributed by atoms with Gasteiger partial charge in [-0.05, 0) is 56.4 Å². The Morgan fingerprint density at radius 3 is 2.95 bits per heavy atom. The minimum absolute atomic E-state index is 0.264. The fourth-order valence-electron chi connectivity index (χ4n) is 3.14. The maximum absolute atomic E-state index is 12.5. The van der Waals surface area contributed by atoms with E-state index in [1.165, 1.54) is 24.1 Å². The summed E-state index contributed by atoms with van der Waals surface area (Å²) in [5, 5.41) is 0. The highest BCUT2D eigenvalue weighted by molar-refractivity contribution is 5.82. The Kier molecular flexibility index (Phi) is 3.55. The van der Waals surface area contributed by atoms with Crippen LogP contribution in [0.1, 0.15) is 31.7 Å². The van der Waals surface area contributed by atoms with Gasteiger partial charge in [-0.3, -0.25) is 4.79 Å². The van der Waals surface area contributed by atoms with Gasteiger partial charge in [0.15, 0.2) is 0 Å². The van der Waals surface area contributed by atoms with Crippen molar-refractivity contribution in [2.75, 3.05) is 30.3 Å². The standard InChI is InChI=1S/C16H23N3O/c1-2-19(14-6-7-14)16(20)11-18-9-3-4-12-10-13(17)5-8-15(12)18/h5,8,10,14H,2-4,6-7,9,11,17H2,1H3. The lowest BCUT2D eigenvalue weighted by Crippen LogP contribution is -2.43. The van der Waals surface area contributed by atoms with E-state index in [4.69, 9.17) is 5.73 Å². The van der Waals surface area contributed by atoms with E-state index < -0.39 is 0 Å². The minimum atomic E-state index is 0.264. The molecule has 3 rings (SSSR count). The number of nitrogen functional groups attached to an aromatic ring is 1. The number of carbonyl (C=O) groups excluding carboxylic acids is 1. The minimum Gasteiger partial charge on any atom is -0.399 e. The van der Waals surface area contributed by atoms with Gasteiger partial charge >= 0.3 is 0 Å². The molecule has 0 unspecified atom stereocenters. The number of aryl methyl sites for hydroxylation is 1. The molecule has 20 heavy (non-hydrogen) atoms. The second kappa shape index (κ2) is 5.35. The predicted octanol–water partition coefficient (Wildman–Crippen LogP) is 2.03. The quantitative estimate of drug-likeness (QED) is 0.854. The van der Waals surface area contributed by atoms with Crippen molar-refractivity contribution >= 4 is 17.3 Å². The van der Waals surface area contributed by atoms with Gasteiger partial charge in [-0.25, -0.2) is 0 Å². The first kappa shape index (κ1) is 13.3. The lowest BCUT2D eigenvalue weighted by molar-refractivity contribution is -0.130. The highest BCUT2D eigenvalue weighted by Gasteiger charge is 2.32. The zero-order valence-electron chi connectivity index (χ0n) is 12.1. The predicted molar refractivity (Wildman–Crippen MR) is 81.8 cm³/mol. The zero-order chi connectivity index (χ0) is 14.1. The Morgan fingerprint density at radius 1 is 1.45 bits per heavy atom.